The SMILES string of the molecule is CCCNC(=O)[C@H](Cc1ccccc1)N(Cc1ccccc1)C(=O)CN(c1ccccc1Br)S(C)(=O)=O. The molecule has 0 unspecified atom stereocenters. The van der Waals surface area contributed by atoms with Crippen molar-refractivity contribution < 1.29 is 18.0 Å². The van der Waals surface area contributed by atoms with E-state index in [9.17, 15) is 18.0 Å². The van der Waals surface area contributed by atoms with Crippen molar-refractivity contribution in [3.05, 3.63) is 101 Å². The number of hydrogen-bond donors (Lipinski definition) is 1. The molecular formula is C28H32BrN3O4S. The van der Waals surface area contributed by atoms with Crippen molar-refractivity contribution in [3.8, 4) is 0 Å². The third kappa shape index (κ3) is 8.16. The van der Waals surface area contributed by atoms with Crippen molar-refractivity contribution in [1.82, 2.24) is 10.2 Å². The number of hydrogen-bond acceptors (Lipinski definition) is 4. The molecule has 3 aromatic carbocycles. The molecule has 0 heterocycles. The molecule has 37 heavy (non-hydrogen) atoms. The summed E-state index contributed by atoms with van der Waals surface area (Å²) in [4.78, 5) is 28.8. The molecule has 0 fully saturated rings. The molecule has 0 aliphatic heterocycles. The number of nitrogens with zero attached hydrogens (tertiary/aromatic N) is 2. The lowest BCUT2D eigenvalue weighted by molar-refractivity contribution is -0.140. The highest BCUT2D eigenvalue weighted by molar-refractivity contribution is 9.10. The molecule has 7 nitrogen and oxygen atoms in total. The monoisotopic (exact) mass is 585 g/mol. The zero-order chi connectivity index (χ0) is 26.8. The van der Waals surface area contributed by atoms with Gasteiger partial charge in [0.2, 0.25) is 21.8 Å². The predicted molar refractivity (Wildman–Crippen MR) is 151 cm³/mol. The number of benzene rings is 3. The van der Waals surface area contributed by atoms with Crippen LogP contribution in [0.5, 0.6) is 0 Å². The summed E-state index contributed by atoms with van der Waals surface area (Å²) in [6, 6.07) is 24.9. The minimum Gasteiger partial charge on any atom is -0.354 e. The van der Waals surface area contributed by atoms with E-state index in [2.05, 4.69) is 21.2 Å². The van der Waals surface area contributed by atoms with Crippen molar-refractivity contribution >= 4 is 43.5 Å². The van der Waals surface area contributed by atoms with Crippen molar-refractivity contribution in [1.29, 1.82) is 0 Å². The minimum atomic E-state index is -3.81. The number of anilines is 1. The van der Waals surface area contributed by atoms with Gasteiger partial charge in [0.1, 0.15) is 12.6 Å². The van der Waals surface area contributed by atoms with Crippen molar-refractivity contribution in [2.45, 2.75) is 32.4 Å². The molecule has 0 saturated heterocycles. The molecule has 1 atom stereocenters. The van der Waals surface area contributed by atoms with Gasteiger partial charge < -0.3 is 10.2 Å². The molecule has 196 valence electrons. The van der Waals surface area contributed by atoms with E-state index in [1.54, 1.807) is 24.3 Å². The fraction of sp³-hybridized carbons (Fsp3) is 0.286. The van der Waals surface area contributed by atoms with Gasteiger partial charge in [0.25, 0.3) is 0 Å². The maximum Gasteiger partial charge on any atom is 0.244 e. The third-order valence-corrected chi connectivity index (χ3v) is 7.61. The molecule has 1 N–H and O–H groups in total. The largest absolute Gasteiger partial charge is 0.354 e. The molecule has 0 spiro atoms. The normalized spacial score (nSPS) is 12.0. The Balaban J connectivity index is 2.03. The number of para-hydroxylation sites is 1. The van der Waals surface area contributed by atoms with E-state index in [1.807, 2.05) is 67.6 Å². The summed E-state index contributed by atoms with van der Waals surface area (Å²) < 4.78 is 27.2. The molecule has 0 bridgehead atoms. The van der Waals surface area contributed by atoms with Crippen LogP contribution in [0.3, 0.4) is 0 Å². The van der Waals surface area contributed by atoms with Gasteiger partial charge in [-0.05, 0) is 45.6 Å². The van der Waals surface area contributed by atoms with E-state index in [0.29, 0.717) is 23.1 Å². The van der Waals surface area contributed by atoms with Gasteiger partial charge in [0.15, 0.2) is 0 Å². The molecule has 0 radical (unpaired) electrons. The Kier molecular flexibility index (Phi) is 10.3. The molecule has 9 heteroatoms. The molecule has 0 aromatic heterocycles. The summed E-state index contributed by atoms with van der Waals surface area (Å²) in [5, 5.41) is 2.93. The van der Waals surface area contributed by atoms with Crippen LogP contribution in [0.1, 0.15) is 24.5 Å². The minimum absolute atomic E-state index is 0.157. The van der Waals surface area contributed by atoms with Crippen LogP contribution in [0.25, 0.3) is 0 Å². The van der Waals surface area contributed by atoms with E-state index < -0.39 is 28.5 Å². The summed E-state index contributed by atoms with van der Waals surface area (Å²) >= 11 is 3.40. The Morgan fingerprint density at radius 3 is 2.03 bits per heavy atom. The van der Waals surface area contributed by atoms with Gasteiger partial charge in [0.05, 0.1) is 11.9 Å². The fourth-order valence-corrected chi connectivity index (χ4v) is 5.43. The zero-order valence-corrected chi connectivity index (χ0v) is 23.4. The highest BCUT2D eigenvalue weighted by Crippen LogP contribution is 2.28. The van der Waals surface area contributed by atoms with E-state index >= 15 is 0 Å². The van der Waals surface area contributed by atoms with Crippen molar-refractivity contribution in [3.63, 3.8) is 0 Å². The highest BCUT2D eigenvalue weighted by atomic mass is 79.9. The quantitative estimate of drug-likeness (QED) is 0.342. The van der Waals surface area contributed by atoms with Crippen LogP contribution < -0.4 is 9.62 Å². The van der Waals surface area contributed by atoms with Crippen molar-refractivity contribution in [2.24, 2.45) is 0 Å². The number of halogens is 1. The van der Waals surface area contributed by atoms with Gasteiger partial charge in [-0.1, -0.05) is 79.7 Å². The lowest BCUT2D eigenvalue weighted by atomic mass is 10.0. The van der Waals surface area contributed by atoms with E-state index in [1.165, 1.54) is 4.90 Å². The zero-order valence-electron chi connectivity index (χ0n) is 21.0. The molecule has 0 saturated carbocycles. The number of amides is 2. The topological polar surface area (TPSA) is 86.8 Å². The summed E-state index contributed by atoms with van der Waals surface area (Å²) in [5.41, 5.74) is 2.09. The van der Waals surface area contributed by atoms with Gasteiger partial charge in [-0.2, -0.15) is 0 Å². The maximum atomic E-state index is 13.9. The number of carbonyl (C=O) groups is 2. The lowest BCUT2D eigenvalue weighted by Gasteiger charge is -2.33. The van der Waals surface area contributed by atoms with Crippen LogP contribution in [0.15, 0.2) is 89.4 Å². The molecule has 3 aromatic rings. The third-order valence-electron chi connectivity index (χ3n) is 5.82. The average molecular weight is 587 g/mol. The predicted octanol–water partition coefficient (Wildman–Crippen LogP) is 4.38. The van der Waals surface area contributed by atoms with Crippen LogP contribution in [0, 0.1) is 0 Å². The first-order valence-corrected chi connectivity index (χ1v) is 14.7. The van der Waals surface area contributed by atoms with E-state index in [4.69, 9.17) is 0 Å². The second-order valence-corrected chi connectivity index (χ2v) is 11.5. The van der Waals surface area contributed by atoms with Crippen LogP contribution in [0.4, 0.5) is 5.69 Å². The van der Waals surface area contributed by atoms with E-state index in [-0.39, 0.29) is 12.5 Å². The number of sulfonamides is 1. The first-order chi connectivity index (χ1) is 17.7. The second-order valence-electron chi connectivity index (χ2n) is 8.72. The Morgan fingerprint density at radius 2 is 1.46 bits per heavy atom. The first-order valence-electron chi connectivity index (χ1n) is 12.1. The second kappa shape index (κ2) is 13.4. The Morgan fingerprint density at radius 1 is 0.892 bits per heavy atom. The van der Waals surface area contributed by atoms with Gasteiger partial charge >= 0.3 is 0 Å². The fourth-order valence-electron chi connectivity index (χ4n) is 3.95. The molecule has 0 aliphatic carbocycles. The number of carbonyl (C=O) groups excluding carboxylic acids is 2. The smallest absolute Gasteiger partial charge is 0.244 e. The summed E-state index contributed by atoms with van der Waals surface area (Å²) in [5.74, 6) is -0.751. The molecule has 3 rings (SSSR count). The lowest BCUT2D eigenvalue weighted by Crippen LogP contribution is -2.53. The van der Waals surface area contributed by atoms with Gasteiger partial charge in [-0.3, -0.25) is 13.9 Å². The summed E-state index contributed by atoms with van der Waals surface area (Å²) in [6.45, 7) is 2.15. The number of rotatable bonds is 12. The van der Waals surface area contributed by atoms with Crippen molar-refractivity contribution in [2.75, 3.05) is 23.7 Å². The van der Waals surface area contributed by atoms with Gasteiger partial charge in [-0.15, -0.1) is 0 Å². The standard InChI is InChI=1S/C28H32BrN3O4S/c1-3-18-30-28(34)26(19-22-12-6-4-7-13-22)31(20-23-14-8-5-9-15-23)27(33)21-32(37(2,35)36)25-17-11-10-16-24(25)29/h4-17,26H,3,18-21H2,1-2H3,(H,30,34)/t26-/m0/s1. The van der Waals surface area contributed by atoms with Gasteiger partial charge in [0, 0.05) is 24.0 Å². The van der Waals surface area contributed by atoms with Crippen LogP contribution >= 0.6 is 15.9 Å². The number of nitrogens with one attached hydrogen (secondary N) is 1. The molecular weight excluding hydrogens is 554 g/mol. The first kappa shape index (κ1) is 28.4. The summed E-state index contributed by atoms with van der Waals surface area (Å²) in [6.07, 6.45) is 2.11. The Labute approximate surface area is 227 Å². The molecule has 0 aliphatic rings. The highest BCUT2D eigenvalue weighted by Gasteiger charge is 2.33. The average Bonchev–Trinajstić information content (AvgIpc) is 2.89. The Hall–Kier alpha value is -3.17. The van der Waals surface area contributed by atoms with Crippen LogP contribution in [-0.2, 0) is 32.6 Å². The summed E-state index contributed by atoms with van der Waals surface area (Å²) in [7, 11) is -3.81. The Bertz CT molecular complexity index is 1290. The van der Waals surface area contributed by atoms with E-state index in [0.717, 1.165) is 28.1 Å². The molecule has 2 amide bonds. The van der Waals surface area contributed by atoms with Crippen LogP contribution in [-0.4, -0.2) is 50.5 Å². The van der Waals surface area contributed by atoms with Gasteiger partial charge in [-0.25, -0.2) is 8.42 Å². The maximum absolute atomic E-state index is 13.9. The van der Waals surface area contributed by atoms with Crippen LogP contribution in [0.2, 0.25) is 0 Å².